The summed E-state index contributed by atoms with van der Waals surface area (Å²) in [5.41, 5.74) is 1.67. The van der Waals surface area contributed by atoms with Gasteiger partial charge < -0.3 is 14.2 Å². The van der Waals surface area contributed by atoms with Crippen molar-refractivity contribution in [2.24, 2.45) is 10.2 Å². The third kappa shape index (κ3) is 10.1. The molecule has 0 amide bonds. The van der Waals surface area contributed by atoms with Gasteiger partial charge in [-0.1, -0.05) is 56.7 Å². The van der Waals surface area contributed by atoms with E-state index in [1.165, 1.54) is 38.5 Å². The van der Waals surface area contributed by atoms with Crippen LogP contribution in [0.15, 0.2) is 89.1 Å². The first-order valence-corrected chi connectivity index (χ1v) is 12.3. The smallest absolute Gasteiger partial charge is 0.119 e. The van der Waals surface area contributed by atoms with Gasteiger partial charge in [0.05, 0.1) is 31.7 Å². The minimum Gasteiger partial charge on any atom is -0.497 e. The molecular weight excluding hydrogens is 424 g/mol. The molecule has 5 heteroatoms. The molecule has 180 valence electrons. The summed E-state index contributed by atoms with van der Waals surface area (Å²) in [6, 6.07) is 25.3. The Morgan fingerprint density at radius 1 is 0.471 bits per heavy atom. The minimum atomic E-state index is 0.758. The molecule has 0 aliphatic carbocycles. The lowest BCUT2D eigenvalue weighted by Gasteiger charge is -2.07. The number of unbranched alkanes of at least 4 members (excludes halogenated alkanes) is 7. The summed E-state index contributed by atoms with van der Waals surface area (Å²) < 4.78 is 16.8. The number of methoxy groups -OCH3 is 1. The van der Waals surface area contributed by atoms with E-state index in [1.54, 1.807) is 7.11 Å². The molecule has 3 aromatic rings. The van der Waals surface area contributed by atoms with Crippen LogP contribution in [0.2, 0.25) is 0 Å². The Labute approximate surface area is 203 Å². The fraction of sp³-hybridized carbons (Fsp3) is 0.379. The second-order valence-corrected chi connectivity index (χ2v) is 8.23. The highest BCUT2D eigenvalue weighted by molar-refractivity contribution is 5.42. The van der Waals surface area contributed by atoms with E-state index in [4.69, 9.17) is 14.2 Å². The quantitative estimate of drug-likeness (QED) is 0.159. The molecule has 0 unspecified atom stereocenters. The molecule has 0 aliphatic heterocycles. The van der Waals surface area contributed by atoms with Gasteiger partial charge in [-0.3, -0.25) is 0 Å². The summed E-state index contributed by atoms with van der Waals surface area (Å²) in [6.07, 6.45) is 9.76. The molecule has 0 fully saturated rings. The van der Waals surface area contributed by atoms with E-state index < -0.39 is 0 Å². The van der Waals surface area contributed by atoms with Gasteiger partial charge in [0.15, 0.2) is 0 Å². The number of ether oxygens (including phenoxy) is 3. The zero-order chi connectivity index (χ0) is 23.7. The van der Waals surface area contributed by atoms with Crippen molar-refractivity contribution in [1.29, 1.82) is 0 Å². The van der Waals surface area contributed by atoms with Crippen molar-refractivity contribution in [2.45, 2.75) is 51.4 Å². The fourth-order valence-electron chi connectivity index (χ4n) is 3.54. The Balaban J connectivity index is 1.14. The summed E-state index contributed by atoms with van der Waals surface area (Å²) >= 11 is 0. The average molecular weight is 461 g/mol. The Bertz CT molecular complexity index is 941. The van der Waals surface area contributed by atoms with Crippen LogP contribution in [-0.4, -0.2) is 20.3 Å². The molecule has 0 atom stereocenters. The van der Waals surface area contributed by atoms with E-state index in [2.05, 4.69) is 10.2 Å². The molecule has 0 bridgehead atoms. The second kappa shape index (κ2) is 15.5. The summed E-state index contributed by atoms with van der Waals surface area (Å²) in [6.45, 7) is 1.54. The second-order valence-electron chi connectivity index (χ2n) is 8.23. The van der Waals surface area contributed by atoms with Gasteiger partial charge in [0.25, 0.3) is 0 Å². The largest absolute Gasteiger partial charge is 0.497 e. The molecule has 0 aromatic heterocycles. The van der Waals surface area contributed by atoms with Crippen LogP contribution in [0.5, 0.6) is 17.2 Å². The summed E-state index contributed by atoms with van der Waals surface area (Å²) in [5.74, 6) is 2.65. The first kappa shape index (κ1) is 25.3. The van der Waals surface area contributed by atoms with E-state index >= 15 is 0 Å². The standard InChI is InChI=1S/C29H36N2O3/c1-32-27-19-21-29(22-20-27)34-24-12-7-5-3-2-4-6-11-23-33-28-17-15-26(16-18-28)31-30-25-13-9-8-10-14-25/h8-10,13-22H,2-7,11-12,23-24H2,1H3. The zero-order valence-electron chi connectivity index (χ0n) is 20.2. The number of nitrogens with zero attached hydrogens (tertiary/aromatic N) is 2. The van der Waals surface area contributed by atoms with Crippen LogP contribution in [0.25, 0.3) is 0 Å². The highest BCUT2D eigenvalue weighted by Gasteiger charge is 1.98. The molecule has 0 aliphatic rings. The van der Waals surface area contributed by atoms with Gasteiger partial charge in [0, 0.05) is 0 Å². The Hall–Kier alpha value is -3.34. The van der Waals surface area contributed by atoms with E-state index in [9.17, 15) is 0 Å². The topological polar surface area (TPSA) is 52.4 Å². The molecule has 0 saturated carbocycles. The van der Waals surface area contributed by atoms with Crippen LogP contribution in [0.4, 0.5) is 11.4 Å². The molecule has 0 N–H and O–H groups in total. The molecule has 3 rings (SSSR count). The maximum absolute atomic E-state index is 5.85. The van der Waals surface area contributed by atoms with Crippen molar-refractivity contribution in [2.75, 3.05) is 20.3 Å². The van der Waals surface area contributed by atoms with E-state index in [1.807, 2.05) is 78.9 Å². The van der Waals surface area contributed by atoms with Gasteiger partial charge in [-0.2, -0.15) is 10.2 Å². The summed E-state index contributed by atoms with van der Waals surface area (Å²) in [5, 5.41) is 8.49. The van der Waals surface area contributed by atoms with Crippen molar-refractivity contribution >= 4 is 11.4 Å². The minimum absolute atomic E-state index is 0.758. The summed E-state index contributed by atoms with van der Waals surface area (Å²) in [7, 11) is 1.67. The van der Waals surface area contributed by atoms with Gasteiger partial charge in [-0.05, 0) is 73.5 Å². The number of benzene rings is 3. The van der Waals surface area contributed by atoms with Crippen LogP contribution in [0.1, 0.15) is 51.4 Å². The van der Waals surface area contributed by atoms with Crippen LogP contribution in [0, 0.1) is 0 Å². The fourth-order valence-corrected chi connectivity index (χ4v) is 3.54. The molecule has 0 saturated heterocycles. The number of hydrogen-bond donors (Lipinski definition) is 0. The van der Waals surface area contributed by atoms with Crippen molar-refractivity contribution in [3.63, 3.8) is 0 Å². The van der Waals surface area contributed by atoms with E-state index in [0.717, 1.165) is 54.7 Å². The van der Waals surface area contributed by atoms with Gasteiger partial charge in [-0.15, -0.1) is 0 Å². The van der Waals surface area contributed by atoms with Crippen molar-refractivity contribution in [3.05, 3.63) is 78.9 Å². The maximum Gasteiger partial charge on any atom is 0.119 e. The normalized spacial score (nSPS) is 11.0. The predicted octanol–water partition coefficient (Wildman–Crippen LogP) is 8.69. The third-order valence-electron chi connectivity index (χ3n) is 5.51. The Kier molecular flexibility index (Phi) is 11.5. The number of azo groups is 1. The van der Waals surface area contributed by atoms with Gasteiger partial charge in [0.2, 0.25) is 0 Å². The van der Waals surface area contributed by atoms with Crippen LogP contribution in [-0.2, 0) is 0 Å². The number of hydrogen-bond acceptors (Lipinski definition) is 5. The third-order valence-corrected chi connectivity index (χ3v) is 5.51. The summed E-state index contributed by atoms with van der Waals surface area (Å²) in [4.78, 5) is 0. The predicted molar refractivity (Wildman–Crippen MR) is 138 cm³/mol. The van der Waals surface area contributed by atoms with Crippen LogP contribution < -0.4 is 14.2 Å². The maximum atomic E-state index is 5.85. The lowest BCUT2D eigenvalue weighted by atomic mass is 10.1. The molecule has 5 nitrogen and oxygen atoms in total. The Morgan fingerprint density at radius 3 is 1.38 bits per heavy atom. The molecule has 3 aromatic carbocycles. The zero-order valence-corrected chi connectivity index (χ0v) is 20.2. The van der Waals surface area contributed by atoms with Crippen molar-refractivity contribution in [1.82, 2.24) is 0 Å². The first-order chi connectivity index (χ1) is 16.8. The molecule has 34 heavy (non-hydrogen) atoms. The van der Waals surface area contributed by atoms with Gasteiger partial charge in [0.1, 0.15) is 17.2 Å². The van der Waals surface area contributed by atoms with E-state index in [0.29, 0.717) is 0 Å². The monoisotopic (exact) mass is 460 g/mol. The van der Waals surface area contributed by atoms with Crippen LogP contribution >= 0.6 is 0 Å². The van der Waals surface area contributed by atoms with Crippen LogP contribution in [0.3, 0.4) is 0 Å². The highest BCUT2D eigenvalue weighted by Crippen LogP contribution is 2.21. The SMILES string of the molecule is COc1ccc(OCCCCCCCCCCOc2ccc(N=Nc3ccccc3)cc2)cc1. The molecule has 0 spiro atoms. The molecule has 0 heterocycles. The lowest BCUT2D eigenvalue weighted by molar-refractivity contribution is 0.301. The molecular formula is C29H36N2O3. The number of rotatable bonds is 16. The van der Waals surface area contributed by atoms with Crippen molar-refractivity contribution in [3.8, 4) is 17.2 Å². The molecule has 0 radical (unpaired) electrons. The highest BCUT2D eigenvalue weighted by atomic mass is 16.5. The van der Waals surface area contributed by atoms with Gasteiger partial charge >= 0.3 is 0 Å². The van der Waals surface area contributed by atoms with E-state index in [-0.39, 0.29) is 0 Å². The Morgan fingerprint density at radius 2 is 0.882 bits per heavy atom. The van der Waals surface area contributed by atoms with Crippen molar-refractivity contribution < 1.29 is 14.2 Å². The van der Waals surface area contributed by atoms with Gasteiger partial charge in [-0.25, -0.2) is 0 Å². The lowest BCUT2D eigenvalue weighted by Crippen LogP contribution is -1.97. The first-order valence-electron chi connectivity index (χ1n) is 12.3. The average Bonchev–Trinajstić information content (AvgIpc) is 2.89.